The van der Waals surface area contributed by atoms with Crippen LogP contribution in [0.1, 0.15) is 50.3 Å². The first-order chi connectivity index (χ1) is 9.72. The molecular formula is C18H30N2O. The summed E-state index contributed by atoms with van der Waals surface area (Å²) in [5, 5.41) is 0. The van der Waals surface area contributed by atoms with Crippen LogP contribution in [0, 0.1) is 6.92 Å². The Bertz CT molecular complexity index is 517. The smallest absolute Gasteiger partial charge is 0.128 e. The molecule has 1 aromatic carbocycles. The minimum Gasteiger partial charge on any atom is -0.493 e. The maximum absolute atomic E-state index is 6.24. The zero-order valence-electron chi connectivity index (χ0n) is 14.4. The molecule has 2 N–H and O–H groups in total. The normalized spacial score (nSPS) is 22.7. The number of hydrogen-bond donors (Lipinski definition) is 1. The Morgan fingerprint density at radius 2 is 1.95 bits per heavy atom. The highest BCUT2D eigenvalue weighted by atomic mass is 16.5. The molecule has 0 amide bonds. The molecule has 1 aromatic rings. The number of rotatable bonds is 2. The largest absolute Gasteiger partial charge is 0.493 e. The standard InChI is InChI=1S/C18H30N2O/c1-13-10-14(17(2,3)4)16-15(11-13)18(12-19,20(5)6)8-7-9-21-16/h10-11H,7-9,12,19H2,1-6H3. The number of hydrogen-bond acceptors (Lipinski definition) is 3. The number of nitrogens with two attached hydrogens (primary N) is 1. The highest BCUT2D eigenvalue weighted by Crippen LogP contribution is 2.44. The van der Waals surface area contributed by atoms with E-state index in [1.54, 1.807) is 0 Å². The van der Waals surface area contributed by atoms with Gasteiger partial charge in [0.1, 0.15) is 5.75 Å². The molecule has 3 nitrogen and oxygen atoms in total. The molecule has 0 bridgehead atoms. The molecule has 0 saturated heterocycles. The van der Waals surface area contributed by atoms with Gasteiger partial charge in [0.2, 0.25) is 0 Å². The molecule has 0 fully saturated rings. The Balaban J connectivity index is 2.76. The maximum atomic E-state index is 6.24. The second-order valence-electron chi connectivity index (χ2n) is 7.52. The molecule has 118 valence electrons. The van der Waals surface area contributed by atoms with Gasteiger partial charge >= 0.3 is 0 Å². The van der Waals surface area contributed by atoms with Crippen LogP contribution in [0.25, 0.3) is 0 Å². The lowest BCUT2D eigenvalue weighted by atomic mass is 9.78. The predicted molar refractivity (Wildman–Crippen MR) is 89.0 cm³/mol. The number of likely N-dealkylation sites (N-methyl/N-ethyl adjacent to an activating group) is 1. The molecule has 0 aromatic heterocycles. The number of nitrogens with zero attached hydrogens (tertiary/aromatic N) is 1. The van der Waals surface area contributed by atoms with E-state index in [0.717, 1.165) is 25.2 Å². The molecule has 1 unspecified atom stereocenters. The summed E-state index contributed by atoms with van der Waals surface area (Å²) in [4.78, 5) is 2.27. The molecule has 21 heavy (non-hydrogen) atoms. The van der Waals surface area contributed by atoms with Crippen molar-refractivity contribution in [1.82, 2.24) is 4.90 Å². The fraction of sp³-hybridized carbons (Fsp3) is 0.667. The Kier molecular flexibility index (Phi) is 4.36. The van der Waals surface area contributed by atoms with Crippen molar-refractivity contribution in [3.63, 3.8) is 0 Å². The molecule has 1 aliphatic heterocycles. The first-order valence-corrected chi connectivity index (χ1v) is 7.88. The topological polar surface area (TPSA) is 38.5 Å². The Morgan fingerprint density at radius 1 is 1.29 bits per heavy atom. The monoisotopic (exact) mass is 290 g/mol. The summed E-state index contributed by atoms with van der Waals surface area (Å²) in [6.07, 6.45) is 2.07. The van der Waals surface area contributed by atoms with E-state index in [4.69, 9.17) is 10.5 Å². The van der Waals surface area contributed by atoms with E-state index in [1.165, 1.54) is 16.7 Å². The minimum absolute atomic E-state index is 0.0626. The van der Waals surface area contributed by atoms with Gasteiger partial charge in [0, 0.05) is 17.7 Å². The van der Waals surface area contributed by atoms with Gasteiger partial charge in [0.05, 0.1) is 12.1 Å². The lowest BCUT2D eigenvalue weighted by Gasteiger charge is -2.40. The molecule has 0 radical (unpaired) electrons. The second kappa shape index (κ2) is 5.62. The van der Waals surface area contributed by atoms with Crippen molar-refractivity contribution in [1.29, 1.82) is 0 Å². The van der Waals surface area contributed by atoms with Gasteiger partial charge < -0.3 is 10.5 Å². The summed E-state index contributed by atoms with van der Waals surface area (Å²) >= 11 is 0. The second-order valence-corrected chi connectivity index (χ2v) is 7.52. The van der Waals surface area contributed by atoms with Crippen molar-refractivity contribution in [3.05, 3.63) is 28.8 Å². The van der Waals surface area contributed by atoms with Gasteiger partial charge in [-0.25, -0.2) is 0 Å². The van der Waals surface area contributed by atoms with E-state index in [2.05, 4.69) is 58.8 Å². The summed E-state index contributed by atoms with van der Waals surface area (Å²) in [6.45, 7) is 10.3. The molecule has 1 aliphatic rings. The minimum atomic E-state index is -0.127. The van der Waals surface area contributed by atoms with Gasteiger partial charge in [-0.15, -0.1) is 0 Å². The fourth-order valence-electron chi connectivity index (χ4n) is 3.36. The average Bonchev–Trinajstić information content (AvgIpc) is 2.56. The van der Waals surface area contributed by atoms with Crippen LogP contribution in [0.5, 0.6) is 5.75 Å². The number of fused-ring (bicyclic) bond motifs is 1. The van der Waals surface area contributed by atoms with Gasteiger partial charge in [-0.1, -0.05) is 38.5 Å². The van der Waals surface area contributed by atoms with Crippen LogP contribution in [0.15, 0.2) is 12.1 Å². The van der Waals surface area contributed by atoms with Crippen LogP contribution in [-0.4, -0.2) is 32.1 Å². The summed E-state index contributed by atoms with van der Waals surface area (Å²) in [5.74, 6) is 1.06. The zero-order chi connectivity index (χ0) is 15.8. The third-order valence-electron chi connectivity index (χ3n) is 4.72. The zero-order valence-corrected chi connectivity index (χ0v) is 14.4. The van der Waals surface area contributed by atoms with E-state index < -0.39 is 0 Å². The van der Waals surface area contributed by atoms with E-state index in [0.29, 0.717) is 6.54 Å². The van der Waals surface area contributed by atoms with Crippen molar-refractivity contribution in [2.75, 3.05) is 27.2 Å². The predicted octanol–water partition coefficient (Wildman–Crippen LogP) is 3.18. The molecule has 3 heteroatoms. The van der Waals surface area contributed by atoms with E-state index >= 15 is 0 Å². The molecule has 0 aliphatic carbocycles. The SMILES string of the molecule is Cc1cc(C(C)(C)C)c2c(c1)C(CN)(N(C)C)CCCO2. The first-order valence-electron chi connectivity index (χ1n) is 7.88. The van der Waals surface area contributed by atoms with Gasteiger partial charge in [0.25, 0.3) is 0 Å². The van der Waals surface area contributed by atoms with Crippen molar-refractivity contribution in [2.45, 2.75) is 51.5 Å². The van der Waals surface area contributed by atoms with Crippen LogP contribution < -0.4 is 10.5 Å². The number of ether oxygens (including phenoxy) is 1. The summed E-state index contributed by atoms with van der Waals surface area (Å²) in [7, 11) is 4.25. The number of benzene rings is 1. The lowest BCUT2D eigenvalue weighted by Crippen LogP contribution is -2.47. The van der Waals surface area contributed by atoms with Crippen LogP contribution in [-0.2, 0) is 11.0 Å². The van der Waals surface area contributed by atoms with E-state index in [1.807, 2.05) is 0 Å². The number of aryl methyl sites for hydroxylation is 1. The van der Waals surface area contributed by atoms with Crippen molar-refractivity contribution in [3.8, 4) is 5.75 Å². The highest BCUT2D eigenvalue weighted by Gasteiger charge is 2.39. The van der Waals surface area contributed by atoms with Crippen LogP contribution in [0.3, 0.4) is 0 Å². The van der Waals surface area contributed by atoms with Gasteiger partial charge in [0.15, 0.2) is 0 Å². The van der Waals surface area contributed by atoms with Crippen molar-refractivity contribution < 1.29 is 4.74 Å². The molecule has 1 heterocycles. The summed E-state index contributed by atoms with van der Waals surface area (Å²) in [5.41, 5.74) is 10.0. The first kappa shape index (κ1) is 16.3. The van der Waals surface area contributed by atoms with Crippen molar-refractivity contribution >= 4 is 0 Å². The van der Waals surface area contributed by atoms with Crippen LogP contribution in [0.4, 0.5) is 0 Å². The summed E-state index contributed by atoms with van der Waals surface area (Å²) in [6, 6.07) is 4.53. The maximum Gasteiger partial charge on any atom is 0.128 e. The highest BCUT2D eigenvalue weighted by molar-refractivity contribution is 5.51. The average molecular weight is 290 g/mol. The third kappa shape index (κ3) is 2.82. The van der Waals surface area contributed by atoms with Gasteiger partial charge in [-0.2, -0.15) is 0 Å². The molecule has 0 saturated carbocycles. The fourth-order valence-corrected chi connectivity index (χ4v) is 3.36. The van der Waals surface area contributed by atoms with Crippen LogP contribution >= 0.6 is 0 Å². The van der Waals surface area contributed by atoms with E-state index in [9.17, 15) is 0 Å². The molecular weight excluding hydrogens is 260 g/mol. The van der Waals surface area contributed by atoms with Gasteiger partial charge in [-0.3, -0.25) is 4.90 Å². The Morgan fingerprint density at radius 3 is 2.48 bits per heavy atom. The molecule has 2 rings (SSSR count). The third-order valence-corrected chi connectivity index (χ3v) is 4.72. The van der Waals surface area contributed by atoms with Crippen molar-refractivity contribution in [2.24, 2.45) is 5.73 Å². The van der Waals surface area contributed by atoms with Crippen LogP contribution in [0.2, 0.25) is 0 Å². The van der Waals surface area contributed by atoms with E-state index in [-0.39, 0.29) is 11.0 Å². The lowest BCUT2D eigenvalue weighted by molar-refractivity contribution is 0.147. The Hall–Kier alpha value is -1.06. The quantitative estimate of drug-likeness (QED) is 0.909. The van der Waals surface area contributed by atoms with Gasteiger partial charge in [-0.05, 0) is 39.3 Å². The Labute approximate surface area is 129 Å². The molecule has 0 spiro atoms. The molecule has 1 atom stereocenters. The summed E-state index contributed by atoms with van der Waals surface area (Å²) < 4.78 is 6.19.